The lowest BCUT2D eigenvalue weighted by Gasteiger charge is -2.36. The molecular formula is C19H32N4O2. The quantitative estimate of drug-likeness (QED) is 0.888. The van der Waals surface area contributed by atoms with Crippen molar-refractivity contribution in [2.75, 3.05) is 39.3 Å². The molecule has 0 bridgehead atoms. The minimum Gasteiger partial charge on any atom is -0.467 e. The molecule has 6 nitrogen and oxygen atoms in total. The molecule has 0 spiro atoms. The molecule has 140 valence electrons. The number of rotatable bonds is 5. The van der Waals surface area contributed by atoms with Crippen LogP contribution in [0.25, 0.3) is 0 Å². The number of carbonyl (C=O) groups is 1. The van der Waals surface area contributed by atoms with Gasteiger partial charge in [0.15, 0.2) is 0 Å². The lowest BCUT2D eigenvalue weighted by atomic mass is 10.2. The summed E-state index contributed by atoms with van der Waals surface area (Å²) >= 11 is 0. The second-order valence-electron chi connectivity index (χ2n) is 7.53. The van der Waals surface area contributed by atoms with Crippen LogP contribution >= 0.6 is 0 Å². The van der Waals surface area contributed by atoms with Crippen LogP contribution in [0, 0.1) is 0 Å². The molecule has 0 aromatic carbocycles. The Hall–Kier alpha value is -1.53. The number of nitrogens with one attached hydrogen (secondary N) is 1. The summed E-state index contributed by atoms with van der Waals surface area (Å²) in [6.45, 7) is 12.4. The molecule has 0 saturated carbocycles. The van der Waals surface area contributed by atoms with Gasteiger partial charge in [0.05, 0.1) is 12.3 Å². The number of furan rings is 1. The molecule has 2 saturated heterocycles. The Labute approximate surface area is 151 Å². The number of piperazine rings is 1. The molecule has 3 atom stereocenters. The molecule has 2 amide bonds. The molecule has 2 aliphatic heterocycles. The van der Waals surface area contributed by atoms with Crippen LogP contribution in [0.1, 0.15) is 45.4 Å². The standard InChI is InChI=1S/C19H32N4O2/c1-15-6-7-16(2)23(15)13-10-21-8-11-22(12-9-21)19(24)20-17(3)18-5-4-14-25-18/h4-5,14-17H,6-13H2,1-3H3,(H,20,24). The largest absolute Gasteiger partial charge is 0.467 e. The summed E-state index contributed by atoms with van der Waals surface area (Å²) in [5.41, 5.74) is 0. The van der Waals surface area contributed by atoms with Crippen LogP contribution in [-0.2, 0) is 0 Å². The molecule has 1 N–H and O–H groups in total. The monoisotopic (exact) mass is 348 g/mol. The highest BCUT2D eigenvalue weighted by atomic mass is 16.3. The molecule has 3 rings (SSSR count). The Morgan fingerprint density at radius 1 is 1.20 bits per heavy atom. The van der Waals surface area contributed by atoms with E-state index in [4.69, 9.17) is 4.42 Å². The predicted molar refractivity (Wildman–Crippen MR) is 98.5 cm³/mol. The Balaban J connectivity index is 1.38. The number of carbonyl (C=O) groups excluding carboxylic acids is 1. The summed E-state index contributed by atoms with van der Waals surface area (Å²) < 4.78 is 5.35. The van der Waals surface area contributed by atoms with Crippen molar-refractivity contribution in [2.45, 2.75) is 51.7 Å². The average Bonchev–Trinajstić information content (AvgIpc) is 3.24. The van der Waals surface area contributed by atoms with Gasteiger partial charge in [-0.3, -0.25) is 9.80 Å². The lowest BCUT2D eigenvalue weighted by Crippen LogP contribution is -2.53. The molecule has 1 aromatic rings. The minimum absolute atomic E-state index is 0.00494. The summed E-state index contributed by atoms with van der Waals surface area (Å²) in [6, 6.07) is 5.07. The van der Waals surface area contributed by atoms with E-state index in [1.165, 1.54) is 12.8 Å². The summed E-state index contributed by atoms with van der Waals surface area (Å²) in [5, 5.41) is 3.02. The fourth-order valence-corrected chi connectivity index (χ4v) is 4.01. The van der Waals surface area contributed by atoms with Gasteiger partial charge >= 0.3 is 6.03 Å². The van der Waals surface area contributed by atoms with E-state index in [1.807, 2.05) is 24.0 Å². The fraction of sp³-hybridized carbons (Fsp3) is 0.737. The first-order valence-corrected chi connectivity index (χ1v) is 9.61. The van der Waals surface area contributed by atoms with Crippen molar-refractivity contribution < 1.29 is 9.21 Å². The zero-order chi connectivity index (χ0) is 17.8. The van der Waals surface area contributed by atoms with Gasteiger partial charge in [0.2, 0.25) is 0 Å². The topological polar surface area (TPSA) is 52.0 Å². The molecule has 0 aliphatic carbocycles. The molecule has 6 heteroatoms. The van der Waals surface area contributed by atoms with Gasteiger partial charge in [-0.05, 0) is 45.7 Å². The maximum absolute atomic E-state index is 12.4. The summed E-state index contributed by atoms with van der Waals surface area (Å²) in [7, 11) is 0. The van der Waals surface area contributed by atoms with Crippen LogP contribution in [0.2, 0.25) is 0 Å². The van der Waals surface area contributed by atoms with E-state index in [1.54, 1.807) is 6.26 Å². The maximum atomic E-state index is 12.4. The van der Waals surface area contributed by atoms with E-state index in [0.717, 1.165) is 45.0 Å². The van der Waals surface area contributed by atoms with Crippen LogP contribution in [0.3, 0.4) is 0 Å². The van der Waals surface area contributed by atoms with Crippen LogP contribution < -0.4 is 5.32 Å². The first-order chi connectivity index (χ1) is 12.0. The number of nitrogens with zero attached hydrogens (tertiary/aromatic N) is 3. The van der Waals surface area contributed by atoms with E-state index < -0.39 is 0 Å². The van der Waals surface area contributed by atoms with Crippen molar-refractivity contribution >= 4 is 6.03 Å². The fourth-order valence-electron chi connectivity index (χ4n) is 4.01. The third-order valence-electron chi connectivity index (χ3n) is 5.78. The minimum atomic E-state index is -0.0985. The van der Waals surface area contributed by atoms with Crippen LogP contribution in [0.5, 0.6) is 0 Å². The Morgan fingerprint density at radius 3 is 2.48 bits per heavy atom. The SMILES string of the molecule is CC(NC(=O)N1CCN(CCN2C(C)CCC2C)CC1)c1ccco1. The molecule has 2 fully saturated rings. The van der Waals surface area contributed by atoms with Gasteiger partial charge in [-0.2, -0.15) is 0 Å². The summed E-state index contributed by atoms with van der Waals surface area (Å²) in [6.07, 6.45) is 4.28. The van der Waals surface area contributed by atoms with Gasteiger partial charge in [-0.15, -0.1) is 0 Å². The molecule has 0 radical (unpaired) electrons. The van der Waals surface area contributed by atoms with Gasteiger partial charge in [0, 0.05) is 51.4 Å². The summed E-state index contributed by atoms with van der Waals surface area (Å²) in [5.74, 6) is 0.792. The maximum Gasteiger partial charge on any atom is 0.318 e. The third kappa shape index (κ3) is 4.55. The van der Waals surface area contributed by atoms with Gasteiger partial charge in [-0.1, -0.05) is 0 Å². The Kier molecular flexibility index (Phi) is 6.02. The predicted octanol–water partition coefficient (Wildman–Crippen LogP) is 2.54. The van der Waals surface area contributed by atoms with Gasteiger partial charge < -0.3 is 14.6 Å². The summed E-state index contributed by atoms with van der Waals surface area (Å²) in [4.78, 5) is 19.4. The number of urea groups is 1. The second-order valence-corrected chi connectivity index (χ2v) is 7.53. The van der Waals surface area contributed by atoms with E-state index in [0.29, 0.717) is 12.1 Å². The number of hydrogen-bond acceptors (Lipinski definition) is 4. The van der Waals surface area contributed by atoms with Crippen LogP contribution in [0.4, 0.5) is 4.79 Å². The highest BCUT2D eigenvalue weighted by Gasteiger charge is 2.28. The molecule has 1 aromatic heterocycles. The van der Waals surface area contributed by atoms with E-state index in [-0.39, 0.29) is 12.1 Å². The zero-order valence-corrected chi connectivity index (χ0v) is 15.8. The lowest BCUT2D eigenvalue weighted by molar-refractivity contribution is 0.117. The van der Waals surface area contributed by atoms with E-state index in [9.17, 15) is 4.79 Å². The molecular weight excluding hydrogens is 316 g/mol. The second kappa shape index (κ2) is 8.23. The molecule has 2 aliphatic rings. The van der Waals surface area contributed by atoms with E-state index >= 15 is 0 Å². The molecule has 3 heterocycles. The Bertz CT molecular complexity index is 530. The van der Waals surface area contributed by atoms with Crippen molar-refractivity contribution in [1.82, 2.24) is 20.0 Å². The third-order valence-corrected chi connectivity index (χ3v) is 5.78. The van der Waals surface area contributed by atoms with Gasteiger partial charge in [-0.25, -0.2) is 4.79 Å². The first-order valence-electron chi connectivity index (χ1n) is 9.61. The van der Waals surface area contributed by atoms with Crippen molar-refractivity contribution in [3.05, 3.63) is 24.2 Å². The normalized spacial score (nSPS) is 26.8. The van der Waals surface area contributed by atoms with Gasteiger partial charge in [0.25, 0.3) is 0 Å². The van der Waals surface area contributed by atoms with Crippen LogP contribution in [0.15, 0.2) is 22.8 Å². The first kappa shape index (κ1) is 18.3. The number of likely N-dealkylation sites (tertiary alicyclic amines) is 1. The van der Waals surface area contributed by atoms with Gasteiger partial charge in [0.1, 0.15) is 5.76 Å². The highest BCUT2D eigenvalue weighted by Crippen LogP contribution is 2.23. The molecule has 3 unspecified atom stereocenters. The number of amides is 2. The van der Waals surface area contributed by atoms with Crippen molar-refractivity contribution in [2.24, 2.45) is 0 Å². The Morgan fingerprint density at radius 2 is 1.88 bits per heavy atom. The van der Waals surface area contributed by atoms with Crippen molar-refractivity contribution in [3.8, 4) is 0 Å². The number of hydrogen-bond donors (Lipinski definition) is 1. The molecule has 25 heavy (non-hydrogen) atoms. The highest BCUT2D eigenvalue weighted by molar-refractivity contribution is 5.74. The van der Waals surface area contributed by atoms with Crippen molar-refractivity contribution in [3.63, 3.8) is 0 Å². The van der Waals surface area contributed by atoms with Crippen LogP contribution in [-0.4, -0.2) is 72.1 Å². The van der Waals surface area contributed by atoms with E-state index in [2.05, 4.69) is 29.0 Å². The smallest absolute Gasteiger partial charge is 0.318 e. The van der Waals surface area contributed by atoms with Crippen molar-refractivity contribution in [1.29, 1.82) is 0 Å². The zero-order valence-electron chi connectivity index (χ0n) is 15.8. The average molecular weight is 348 g/mol.